The summed E-state index contributed by atoms with van der Waals surface area (Å²) in [4.78, 5) is 0. The van der Waals surface area contributed by atoms with Crippen molar-refractivity contribution in [2.75, 3.05) is 13.1 Å². The van der Waals surface area contributed by atoms with Crippen LogP contribution < -0.4 is 5.32 Å². The molecule has 1 aliphatic rings. The third-order valence-electron chi connectivity index (χ3n) is 4.19. The van der Waals surface area contributed by atoms with Crippen LogP contribution in [0.3, 0.4) is 0 Å². The summed E-state index contributed by atoms with van der Waals surface area (Å²) in [5.41, 5.74) is 3.97. The Morgan fingerprint density at radius 1 is 1.30 bits per heavy atom. The van der Waals surface area contributed by atoms with E-state index < -0.39 is 0 Å². The van der Waals surface area contributed by atoms with Crippen LogP contribution in [0.25, 0.3) is 0 Å². The van der Waals surface area contributed by atoms with Crippen LogP contribution >= 0.6 is 11.6 Å². The van der Waals surface area contributed by atoms with Gasteiger partial charge in [0, 0.05) is 42.2 Å². The van der Waals surface area contributed by atoms with Crippen LogP contribution in [0.5, 0.6) is 0 Å². The second-order valence-corrected chi connectivity index (χ2v) is 6.10. The monoisotopic (exact) mass is 289 g/mol. The van der Waals surface area contributed by atoms with Gasteiger partial charge >= 0.3 is 0 Å². The number of benzene rings is 1. The molecule has 3 nitrogen and oxygen atoms in total. The molecule has 2 aromatic rings. The third-order valence-corrected chi connectivity index (χ3v) is 4.44. The topological polar surface area (TPSA) is 29.9 Å². The Balaban J connectivity index is 1.91. The molecule has 0 aliphatic carbocycles. The molecule has 2 heterocycles. The lowest BCUT2D eigenvalue weighted by Gasteiger charge is -2.43. The quantitative estimate of drug-likeness (QED) is 0.938. The fraction of sp³-hybridized carbons (Fsp3) is 0.438. The minimum absolute atomic E-state index is 0.185. The van der Waals surface area contributed by atoms with Crippen molar-refractivity contribution in [3.05, 3.63) is 52.3 Å². The van der Waals surface area contributed by atoms with Crippen molar-refractivity contribution in [2.24, 2.45) is 0 Å². The molecular formula is C16H20ClN3. The second-order valence-electron chi connectivity index (χ2n) is 5.66. The van der Waals surface area contributed by atoms with E-state index in [0.717, 1.165) is 36.8 Å². The number of nitrogens with one attached hydrogen (secondary N) is 1. The fourth-order valence-corrected chi connectivity index (χ4v) is 3.15. The van der Waals surface area contributed by atoms with Crippen LogP contribution in [0.4, 0.5) is 0 Å². The minimum atomic E-state index is 0.185. The summed E-state index contributed by atoms with van der Waals surface area (Å²) in [6.07, 6.45) is 1.02. The Morgan fingerprint density at radius 2 is 2.00 bits per heavy atom. The molecule has 0 bridgehead atoms. The summed E-state index contributed by atoms with van der Waals surface area (Å²) in [6, 6.07) is 10.5. The maximum absolute atomic E-state index is 6.00. The first kappa shape index (κ1) is 13.7. The molecule has 1 fully saturated rings. The van der Waals surface area contributed by atoms with Crippen LogP contribution in [0.15, 0.2) is 30.3 Å². The van der Waals surface area contributed by atoms with Gasteiger partial charge in [-0.15, -0.1) is 0 Å². The fourth-order valence-electron chi connectivity index (χ4n) is 3.02. The molecule has 20 heavy (non-hydrogen) atoms. The average Bonchev–Trinajstić information content (AvgIpc) is 2.75. The molecule has 0 saturated carbocycles. The smallest absolute Gasteiger partial charge is 0.0596 e. The molecule has 0 atom stereocenters. The van der Waals surface area contributed by atoms with Gasteiger partial charge in [-0.3, -0.25) is 4.68 Å². The largest absolute Gasteiger partial charge is 0.315 e. The van der Waals surface area contributed by atoms with Crippen molar-refractivity contribution in [3.63, 3.8) is 0 Å². The van der Waals surface area contributed by atoms with Crippen molar-refractivity contribution in [2.45, 2.75) is 32.2 Å². The molecule has 1 aliphatic heterocycles. The van der Waals surface area contributed by atoms with Crippen LogP contribution in [-0.4, -0.2) is 22.9 Å². The number of halogens is 1. The number of aromatic nitrogens is 2. The highest BCUT2D eigenvalue weighted by atomic mass is 35.5. The Morgan fingerprint density at radius 3 is 2.55 bits per heavy atom. The summed E-state index contributed by atoms with van der Waals surface area (Å²) in [5, 5.41) is 8.77. The van der Waals surface area contributed by atoms with E-state index in [4.69, 9.17) is 11.6 Å². The first-order valence-electron chi connectivity index (χ1n) is 7.13. The van der Waals surface area contributed by atoms with Gasteiger partial charge in [0.05, 0.1) is 5.69 Å². The first-order valence-corrected chi connectivity index (χ1v) is 7.51. The van der Waals surface area contributed by atoms with Gasteiger partial charge in [0.15, 0.2) is 0 Å². The Labute approximate surface area is 124 Å². The normalized spacial score (nSPS) is 16.9. The number of hydrogen-bond acceptors (Lipinski definition) is 2. The molecule has 1 aromatic heterocycles. The van der Waals surface area contributed by atoms with E-state index in [1.807, 2.05) is 12.1 Å². The zero-order chi connectivity index (χ0) is 14.2. The average molecular weight is 290 g/mol. The molecule has 106 valence electrons. The van der Waals surface area contributed by atoms with E-state index in [0.29, 0.717) is 0 Å². The van der Waals surface area contributed by atoms with Crippen LogP contribution in [0.1, 0.15) is 23.9 Å². The van der Waals surface area contributed by atoms with E-state index >= 15 is 0 Å². The highest BCUT2D eigenvalue weighted by Gasteiger charge is 2.39. The number of nitrogens with zero attached hydrogens (tertiary/aromatic N) is 2. The highest BCUT2D eigenvalue weighted by molar-refractivity contribution is 6.30. The lowest BCUT2D eigenvalue weighted by atomic mass is 9.72. The minimum Gasteiger partial charge on any atom is -0.315 e. The number of aryl methyl sites for hydroxylation is 2. The zero-order valence-electron chi connectivity index (χ0n) is 12.0. The van der Waals surface area contributed by atoms with Crippen LogP contribution in [0.2, 0.25) is 5.02 Å². The highest BCUT2D eigenvalue weighted by Crippen LogP contribution is 2.33. The van der Waals surface area contributed by atoms with E-state index in [-0.39, 0.29) is 5.41 Å². The molecule has 0 spiro atoms. The standard InChI is InChI=1S/C16H20ClN3/c1-3-20-15(8-12(2)19-20)9-16(10-18-11-16)13-4-6-14(17)7-5-13/h4-8,18H,3,9-11H2,1-2H3. The SMILES string of the molecule is CCn1nc(C)cc1CC1(c2ccc(Cl)cc2)CNC1. The second kappa shape index (κ2) is 5.23. The van der Waals surface area contributed by atoms with Crippen molar-refractivity contribution in [3.8, 4) is 0 Å². The molecule has 1 aromatic carbocycles. The molecule has 0 amide bonds. The van der Waals surface area contributed by atoms with Crippen molar-refractivity contribution in [1.82, 2.24) is 15.1 Å². The molecule has 0 unspecified atom stereocenters. The lowest BCUT2D eigenvalue weighted by molar-refractivity contribution is 0.269. The first-order chi connectivity index (χ1) is 9.63. The van der Waals surface area contributed by atoms with Gasteiger partial charge in [-0.2, -0.15) is 5.10 Å². The molecule has 0 radical (unpaired) electrons. The predicted molar refractivity (Wildman–Crippen MR) is 82.3 cm³/mol. The number of hydrogen-bond donors (Lipinski definition) is 1. The summed E-state index contributed by atoms with van der Waals surface area (Å²) in [7, 11) is 0. The summed E-state index contributed by atoms with van der Waals surface area (Å²) in [5.74, 6) is 0. The number of rotatable bonds is 4. The molecule has 3 rings (SSSR count). The van der Waals surface area contributed by atoms with E-state index in [1.165, 1.54) is 11.3 Å². The van der Waals surface area contributed by atoms with Gasteiger partial charge in [0.2, 0.25) is 0 Å². The maximum atomic E-state index is 6.00. The van der Waals surface area contributed by atoms with Crippen molar-refractivity contribution in [1.29, 1.82) is 0 Å². The summed E-state index contributed by atoms with van der Waals surface area (Å²) >= 11 is 6.00. The Kier molecular flexibility index (Phi) is 3.57. The lowest BCUT2D eigenvalue weighted by Crippen LogP contribution is -2.58. The van der Waals surface area contributed by atoms with Crippen LogP contribution in [0, 0.1) is 6.92 Å². The van der Waals surface area contributed by atoms with E-state index in [9.17, 15) is 0 Å². The van der Waals surface area contributed by atoms with E-state index in [1.54, 1.807) is 0 Å². The van der Waals surface area contributed by atoms with Crippen LogP contribution in [-0.2, 0) is 18.4 Å². The zero-order valence-corrected chi connectivity index (χ0v) is 12.7. The summed E-state index contributed by atoms with van der Waals surface area (Å²) in [6.45, 7) is 7.16. The van der Waals surface area contributed by atoms with Gasteiger partial charge in [0.25, 0.3) is 0 Å². The Hall–Kier alpha value is -1.32. The molecule has 4 heteroatoms. The van der Waals surface area contributed by atoms with Crippen molar-refractivity contribution >= 4 is 11.6 Å². The Bertz CT molecular complexity index is 597. The van der Waals surface area contributed by atoms with E-state index in [2.05, 4.69) is 47.1 Å². The van der Waals surface area contributed by atoms with Gasteiger partial charge < -0.3 is 5.32 Å². The predicted octanol–water partition coefficient (Wildman–Crippen LogP) is 2.95. The molecular weight excluding hydrogens is 270 g/mol. The molecule has 1 N–H and O–H groups in total. The van der Waals surface area contributed by atoms with Crippen molar-refractivity contribution < 1.29 is 0 Å². The maximum Gasteiger partial charge on any atom is 0.0596 e. The van der Waals surface area contributed by atoms with Gasteiger partial charge in [0.1, 0.15) is 0 Å². The third kappa shape index (κ3) is 2.36. The van der Waals surface area contributed by atoms with Gasteiger partial charge in [-0.05, 0) is 37.6 Å². The van der Waals surface area contributed by atoms with Gasteiger partial charge in [-0.1, -0.05) is 23.7 Å². The van der Waals surface area contributed by atoms with Gasteiger partial charge in [-0.25, -0.2) is 0 Å². The molecule has 1 saturated heterocycles. The summed E-state index contributed by atoms with van der Waals surface area (Å²) < 4.78 is 2.12.